The number of hydrogen-bond acceptors (Lipinski definition) is 11. The fourth-order valence-electron chi connectivity index (χ4n) is 2.96. The zero-order valence-corrected chi connectivity index (χ0v) is 19.4. The number of anilines is 1. The lowest BCUT2D eigenvalue weighted by atomic mass is 10.0. The van der Waals surface area contributed by atoms with Crippen molar-refractivity contribution in [2.24, 2.45) is 0 Å². The van der Waals surface area contributed by atoms with Gasteiger partial charge in [0, 0.05) is 37.5 Å². The Balaban J connectivity index is 1.40. The van der Waals surface area contributed by atoms with E-state index >= 15 is 0 Å². The average Bonchev–Trinajstić information content (AvgIpc) is 3.38. The monoisotopic (exact) mass is 502 g/mol. The Morgan fingerprint density at radius 1 is 0.944 bits per heavy atom. The fraction of sp³-hybridized carbons (Fsp3) is 0.318. The van der Waals surface area contributed by atoms with Crippen LogP contribution in [0.15, 0.2) is 47.5 Å². The molecule has 14 heteroatoms. The van der Waals surface area contributed by atoms with Crippen molar-refractivity contribution >= 4 is 5.95 Å². The van der Waals surface area contributed by atoms with E-state index in [2.05, 4.69) is 44.9 Å². The van der Waals surface area contributed by atoms with E-state index in [9.17, 15) is 13.2 Å². The summed E-state index contributed by atoms with van der Waals surface area (Å²) in [6.07, 6.45) is 1.18. The first-order chi connectivity index (χ1) is 17.2. The van der Waals surface area contributed by atoms with Gasteiger partial charge in [-0.05, 0) is 32.0 Å². The van der Waals surface area contributed by atoms with Gasteiger partial charge in [0.2, 0.25) is 11.8 Å². The van der Waals surface area contributed by atoms with Crippen LogP contribution in [0.3, 0.4) is 0 Å². The van der Waals surface area contributed by atoms with Crippen molar-refractivity contribution < 1.29 is 27.2 Å². The predicted octanol–water partition coefficient (Wildman–Crippen LogP) is 3.87. The normalized spacial score (nSPS) is 12.1. The van der Waals surface area contributed by atoms with E-state index in [-0.39, 0.29) is 24.7 Å². The molecule has 0 amide bonds. The molecule has 0 saturated heterocycles. The lowest BCUT2D eigenvalue weighted by molar-refractivity contribution is -0.159. The number of alkyl halides is 3. The largest absolute Gasteiger partial charge is 0.471 e. The van der Waals surface area contributed by atoms with Gasteiger partial charge in [0.15, 0.2) is 0 Å². The molecule has 11 nitrogen and oxygen atoms in total. The number of nitrogens with zero attached hydrogens (tertiary/aromatic N) is 7. The standard InChI is InChI=1S/C22H21F3N8O3/c1-21(2,35-12-34-3)16-5-4-13(8-27-16)15-6-7-26-20(31-15)30-11-17-28-9-14(10-29-17)18-32-19(36-33-18)22(23,24)25/h4-10H,11-12H2,1-3H3,(H,26,30,31). The molecule has 4 aromatic rings. The number of pyridine rings is 1. The maximum absolute atomic E-state index is 12.6. The number of methoxy groups -OCH3 is 1. The lowest BCUT2D eigenvalue weighted by Gasteiger charge is -2.24. The van der Waals surface area contributed by atoms with Crippen molar-refractivity contribution in [3.05, 3.63) is 60.4 Å². The third kappa shape index (κ3) is 5.95. The molecule has 0 fully saturated rings. The Labute approximate surface area is 203 Å². The van der Waals surface area contributed by atoms with E-state index in [0.29, 0.717) is 17.5 Å². The molecule has 4 heterocycles. The molecule has 0 aliphatic carbocycles. The van der Waals surface area contributed by atoms with Crippen molar-refractivity contribution in [1.82, 2.24) is 35.1 Å². The number of aromatic nitrogens is 7. The van der Waals surface area contributed by atoms with Gasteiger partial charge in [0.05, 0.1) is 23.5 Å². The number of nitrogens with one attached hydrogen (secondary N) is 1. The highest BCUT2D eigenvalue weighted by atomic mass is 19.4. The Morgan fingerprint density at radius 2 is 1.69 bits per heavy atom. The maximum Gasteiger partial charge on any atom is 0.471 e. The van der Waals surface area contributed by atoms with Crippen LogP contribution in [0.1, 0.15) is 31.3 Å². The topological polar surface area (TPSA) is 134 Å². The molecule has 0 spiro atoms. The Bertz CT molecular complexity index is 1300. The van der Waals surface area contributed by atoms with Gasteiger partial charge in [0.25, 0.3) is 0 Å². The SMILES string of the molecule is COCOC(C)(C)c1ccc(-c2ccnc(NCc3ncc(-c4noc(C(F)(F)F)n4)cn3)n2)cn1. The number of hydrogen-bond donors (Lipinski definition) is 1. The molecule has 0 unspecified atom stereocenters. The minimum absolute atomic E-state index is 0.153. The second kappa shape index (κ2) is 10.3. The van der Waals surface area contributed by atoms with E-state index in [1.807, 2.05) is 26.0 Å². The van der Waals surface area contributed by atoms with Crippen LogP contribution in [0.5, 0.6) is 0 Å². The third-order valence-corrected chi connectivity index (χ3v) is 4.91. The number of rotatable bonds is 9. The lowest BCUT2D eigenvalue weighted by Crippen LogP contribution is -2.24. The molecule has 4 aromatic heterocycles. The summed E-state index contributed by atoms with van der Waals surface area (Å²) >= 11 is 0. The first-order valence-corrected chi connectivity index (χ1v) is 10.5. The molecule has 4 rings (SSSR count). The van der Waals surface area contributed by atoms with Crippen LogP contribution in [0.25, 0.3) is 22.6 Å². The molecule has 0 radical (unpaired) electrons. The van der Waals surface area contributed by atoms with Crippen LogP contribution in [0.2, 0.25) is 0 Å². The van der Waals surface area contributed by atoms with Gasteiger partial charge in [-0.25, -0.2) is 19.9 Å². The van der Waals surface area contributed by atoms with E-state index in [1.165, 1.54) is 12.4 Å². The van der Waals surface area contributed by atoms with E-state index in [1.54, 1.807) is 25.6 Å². The van der Waals surface area contributed by atoms with Crippen LogP contribution in [-0.4, -0.2) is 49.0 Å². The zero-order chi connectivity index (χ0) is 25.8. The van der Waals surface area contributed by atoms with Crippen molar-refractivity contribution in [3.63, 3.8) is 0 Å². The van der Waals surface area contributed by atoms with Gasteiger partial charge < -0.3 is 19.3 Å². The highest BCUT2D eigenvalue weighted by Crippen LogP contribution is 2.29. The maximum atomic E-state index is 12.6. The van der Waals surface area contributed by atoms with Crippen LogP contribution in [0, 0.1) is 0 Å². The summed E-state index contributed by atoms with van der Waals surface area (Å²) in [7, 11) is 1.56. The molecule has 0 saturated carbocycles. The molecule has 188 valence electrons. The summed E-state index contributed by atoms with van der Waals surface area (Å²) < 4.78 is 52.7. The van der Waals surface area contributed by atoms with Gasteiger partial charge in [0.1, 0.15) is 18.2 Å². The molecule has 0 atom stereocenters. The van der Waals surface area contributed by atoms with Crippen molar-refractivity contribution in [2.45, 2.75) is 32.2 Å². The molecule has 36 heavy (non-hydrogen) atoms. The van der Waals surface area contributed by atoms with Gasteiger partial charge in [-0.15, -0.1) is 0 Å². The number of halogens is 3. The van der Waals surface area contributed by atoms with Crippen molar-refractivity contribution in [1.29, 1.82) is 0 Å². The minimum atomic E-state index is -4.72. The zero-order valence-electron chi connectivity index (χ0n) is 19.4. The summed E-state index contributed by atoms with van der Waals surface area (Å²) in [6.45, 7) is 4.13. The Kier molecular flexibility index (Phi) is 7.17. The first kappa shape index (κ1) is 25.1. The van der Waals surface area contributed by atoms with Gasteiger partial charge in [-0.1, -0.05) is 5.16 Å². The van der Waals surface area contributed by atoms with E-state index in [0.717, 1.165) is 11.3 Å². The summed E-state index contributed by atoms with van der Waals surface area (Å²) in [4.78, 5) is 24.7. The van der Waals surface area contributed by atoms with Crippen molar-refractivity contribution in [2.75, 3.05) is 19.2 Å². The second-order valence-electron chi connectivity index (χ2n) is 7.92. The fourth-order valence-corrected chi connectivity index (χ4v) is 2.96. The van der Waals surface area contributed by atoms with Gasteiger partial charge in [-0.2, -0.15) is 18.2 Å². The number of ether oxygens (including phenoxy) is 2. The minimum Gasteiger partial charge on any atom is -0.359 e. The first-order valence-electron chi connectivity index (χ1n) is 10.5. The third-order valence-electron chi connectivity index (χ3n) is 4.91. The summed E-state index contributed by atoms with van der Waals surface area (Å²) in [5.74, 6) is -1.00. The summed E-state index contributed by atoms with van der Waals surface area (Å²) in [5.41, 5.74) is 1.74. The quantitative estimate of drug-likeness (QED) is 0.334. The van der Waals surface area contributed by atoms with Gasteiger partial charge >= 0.3 is 12.1 Å². The molecule has 0 aliphatic heterocycles. The highest BCUT2D eigenvalue weighted by Gasteiger charge is 2.38. The van der Waals surface area contributed by atoms with Crippen molar-refractivity contribution in [3.8, 4) is 22.6 Å². The average molecular weight is 502 g/mol. The van der Waals surface area contributed by atoms with E-state index < -0.39 is 17.7 Å². The van der Waals surface area contributed by atoms with Crippen LogP contribution >= 0.6 is 0 Å². The summed E-state index contributed by atoms with van der Waals surface area (Å²) in [6, 6.07) is 5.49. The van der Waals surface area contributed by atoms with Crippen LogP contribution in [0.4, 0.5) is 19.1 Å². The van der Waals surface area contributed by atoms with E-state index in [4.69, 9.17) is 9.47 Å². The Hall–Kier alpha value is -4.04. The molecule has 0 aliphatic rings. The molecular weight excluding hydrogens is 481 g/mol. The predicted molar refractivity (Wildman–Crippen MR) is 119 cm³/mol. The molecule has 1 N–H and O–H groups in total. The van der Waals surface area contributed by atoms with Crippen LogP contribution in [-0.2, 0) is 27.8 Å². The Morgan fingerprint density at radius 3 is 2.33 bits per heavy atom. The second-order valence-corrected chi connectivity index (χ2v) is 7.92. The highest BCUT2D eigenvalue weighted by molar-refractivity contribution is 5.59. The summed E-state index contributed by atoms with van der Waals surface area (Å²) in [5, 5.41) is 6.32. The smallest absolute Gasteiger partial charge is 0.359 e. The molecule has 0 bridgehead atoms. The molecule has 0 aromatic carbocycles. The van der Waals surface area contributed by atoms with Crippen LogP contribution < -0.4 is 5.32 Å². The van der Waals surface area contributed by atoms with Gasteiger partial charge in [-0.3, -0.25) is 4.98 Å². The molecular formula is C22H21F3N8O3.